The minimum Gasteiger partial charge on any atom is -0.310 e. The number of hydrogen-bond donors (Lipinski definition) is 0. The molecule has 5 nitrogen and oxygen atoms in total. The molecule has 0 aliphatic carbocycles. The Kier molecular flexibility index (Phi) is 3.86. The first-order valence-electron chi connectivity index (χ1n) is 2.56. The fraction of sp³-hybridized carbons (Fsp3) is 0.400. The second-order valence-corrected chi connectivity index (χ2v) is 1.59. The molecule has 0 aliphatic heterocycles. The van der Waals surface area contributed by atoms with Gasteiger partial charge in [-0.25, -0.2) is 0 Å². The Hall–Kier alpha value is -1.39. The summed E-state index contributed by atoms with van der Waals surface area (Å²) in [5, 5.41) is 8.63. The summed E-state index contributed by atoms with van der Waals surface area (Å²) in [5.41, 5.74) is 0.418. The van der Waals surface area contributed by atoms with E-state index in [1.807, 2.05) is 0 Å². The van der Waals surface area contributed by atoms with Crippen LogP contribution >= 0.6 is 0 Å². The van der Waals surface area contributed by atoms with Gasteiger partial charge < -0.3 is 4.84 Å². The van der Waals surface area contributed by atoms with E-state index in [1.165, 1.54) is 13.0 Å². The molecule has 0 fully saturated rings. The maximum absolute atomic E-state index is 9.89. The lowest BCUT2D eigenvalue weighted by atomic mass is 10.3. The average molecular weight is 145 g/mol. The molecule has 0 aromatic carbocycles. The van der Waals surface area contributed by atoms with E-state index in [0.717, 1.165) is 0 Å². The lowest BCUT2D eigenvalue weighted by Gasteiger charge is -1.90. The van der Waals surface area contributed by atoms with E-state index >= 15 is 0 Å². The molecular formula is C5H7NO4. The van der Waals surface area contributed by atoms with Gasteiger partial charge in [-0.2, -0.15) is 0 Å². The Bertz CT molecular complexity index is 163. The highest BCUT2D eigenvalue weighted by molar-refractivity contribution is 5.71. The highest BCUT2D eigenvalue weighted by Gasteiger charge is 1.90. The molecule has 0 rings (SSSR count). The molecule has 5 heteroatoms. The number of carbonyl (C=O) groups excluding carboxylic acids is 1. The van der Waals surface area contributed by atoms with Gasteiger partial charge in [0.2, 0.25) is 0 Å². The van der Waals surface area contributed by atoms with Crippen molar-refractivity contribution in [3.8, 4) is 0 Å². The molecule has 0 atom stereocenters. The van der Waals surface area contributed by atoms with Crippen molar-refractivity contribution in [3.05, 3.63) is 21.8 Å². The van der Waals surface area contributed by atoms with Crippen molar-refractivity contribution in [2.24, 2.45) is 0 Å². The predicted molar refractivity (Wildman–Crippen MR) is 32.8 cm³/mol. The molecule has 0 heterocycles. The Morgan fingerprint density at radius 1 is 1.80 bits per heavy atom. The molecule has 0 unspecified atom stereocenters. The fourth-order valence-electron chi connectivity index (χ4n) is 0.278. The summed E-state index contributed by atoms with van der Waals surface area (Å²) in [6, 6.07) is 0. The van der Waals surface area contributed by atoms with Crippen LogP contribution in [0.4, 0.5) is 0 Å². The van der Waals surface area contributed by atoms with Gasteiger partial charge in [0.15, 0.2) is 0 Å². The average Bonchev–Trinajstić information content (AvgIpc) is 1.87. The Labute approximate surface area is 57.4 Å². The Balaban J connectivity index is 3.52. The Morgan fingerprint density at radius 2 is 2.40 bits per heavy atom. The van der Waals surface area contributed by atoms with Crippen LogP contribution in [0, 0.1) is 10.1 Å². The quantitative estimate of drug-likeness (QED) is 0.247. The topological polar surface area (TPSA) is 69.4 Å². The van der Waals surface area contributed by atoms with E-state index in [-0.39, 0.29) is 6.61 Å². The van der Waals surface area contributed by atoms with Crippen molar-refractivity contribution in [1.82, 2.24) is 0 Å². The van der Waals surface area contributed by atoms with Crippen molar-refractivity contribution in [1.29, 1.82) is 0 Å². The first-order chi connectivity index (χ1) is 4.66. The fourth-order valence-corrected chi connectivity index (χ4v) is 0.278. The molecule has 0 saturated heterocycles. The van der Waals surface area contributed by atoms with Gasteiger partial charge in [-0.15, -0.1) is 10.1 Å². The maximum Gasteiger partial charge on any atom is 0.294 e. The summed E-state index contributed by atoms with van der Waals surface area (Å²) in [4.78, 5) is 23.3. The van der Waals surface area contributed by atoms with Crippen LogP contribution in [0.3, 0.4) is 0 Å². The highest BCUT2D eigenvalue weighted by Crippen LogP contribution is 1.85. The molecule has 0 spiro atoms. The van der Waals surface area contributed by atoms with Gasteiger partial charge in [-0.05, 0) is 12.5 Å². The molecule has 0 aromatic rings. The van der Waals surface area contributed by atoms with Gasteiger partial charge in [-0.3, -0.25) is 4.79 Å². The van der Waals surface area contributed by atoms with E-state index < -0.39 is 5.09 Å². The number of carbonyl (C=O) groups is 1. The Morgan fingerprint density at radius 3 is 2.80 bits per heavy atom. The smallest absolute Gasteiger partial charge is 0.294 e. The van der Waals surface area contributed by atoms with Crippen LogP contribution in [0.15, 0.2) is 11.6 Å². The molecule has 0 aliphatic rings. The normalized spacial score (nSPS) is 10.7. The van der Waals surface area contributed by atoms with Gasteiger partial charge in [-0.1, -0.05) is 6.08 Å². The predicted octanol–water partition coefficient (Wildman–Crippen LogP) is 0.340. The van der Waals surface area contributed by atoms with Gasteiger partial charge >= 0.3 is 0 Å². The second-order valence-electron chi connectivity index (χ2n) is 1.59. The first kappa shape index (κ1) is 8.61. The van der Waals surface area contributed by atoms with Crippen LogP contribution in [0.2, 0.25) is 0 Å². The number of hydrogen-bond acceptors (Lipinski definition) is 4. The van der Waals surface area contributed by atoms with Gasteiger partial charge in [0.1, 0.15) is 12.9 Å². The lowest BCUT2D eigenvalue weighted by molar-refractivity contribution is -0.755. The first-order valence-corrected chi connectivity index (χ1v) is 2.56. The van der Waals surface area contributed by atoms with Crippen molar-refractivity contribution < 1.29 is 14.7 Å². The van der Waals surface area contributed by atoms with E-state index in [2.05, 4.69) is 4.84 Å². The largest absolute Gasteiger partial charge is 0.310 e. The lowest BCUT2D eigenvalue weighted by Crippen LogP contribution is -2.00. The van der Waals surface area contributed by atoms with Crippen LogP contribution in [0.25, 0.3) is 0 Å². The molecule has 0 aromatic heterocycles. The number of allylic oxidation sites excluding steroid dienone is 1. The molecule has 10 heavy (non-hydrogen) atoms. The molecule has 0 N–H and O–H groups in total. The van der Waals surface area contributed by atoms with Crippen LogP contribution in [-0.4, -0.2) is 18.0 Å². The number of rotatable bonds is 4. The molecular weight excluding hydrogens is 138 g/mol. The van der Waals surface area contributed by atoms with Gasteiger partial charge in [0, 0.05) is 0 Å². The molecule has 0 radical (unpaired) electrons. The second kappa shape index (κ2) is 4.49. The summed E-state index contributed by atoms with van der Waals surface area (Å²) in [6.07, 6.45) is 1.93. The number of aldehydes is 1. The highest BCUT2D eigenvalue weighted by atomic mass is 16.9. The summed E-state index contributed by atoms with van der Waals surface area (Å²) < 4.78 is 0. The van der Waals surface area contributed by atoms with Crippen molar-refractivity contribution in [2.75, 3.05) is 6.61 Å². The summed E-state index contributed by atoms with van der Waals surface area (Å²) in [5.74, 6) is 0. The van der Waals surface area contributed by atoms with Crippen LogP contribution in [0.5, 0.6) is 0 Å². The van der Waals surface area contributed by atoms with E-state index in [0.29, 0.717) is 11.9 Å². The maximum atomic E-state index is 9.89. The van der Waals surface area contributed by atoms with E-state index in [9.17, 15) is 14.9 Å². The molecule has 0 amide bonds. The van der Waals surface area contributed by atoms with Gasteiger partial charge in [0.25, 0.3) is 5.09 Å². The van der Waals surface area contributed by atoms with E-state index in [4.69, 9.17) is 0 Å². The van der Waals surface area contributed by atoms with Crippen LogP contribution in [-0.2, 0) is 9.63 Å². The SMILES string of the molecule is C/C(C=O)=C/CO[N+](=O)[O-]. The zero-order chi connectivity index (χ0) is 7.98. The van der Waals surface area contributed by atoms with Crippen molar-refractivity contribution >= 4 is 6.29 Å². The van der Waals surface area contributed by atoms with Crippen molar-refractivity contribution in [2.45, 2.75) is 6.92 Å². The summed E-state index contributed by atoms with van der Waals surface area (Å²) in [7, 11) is 0. The third-order valence-electron chi connectivity index (χ3n) is 0.771. The van der Waals surface area contributed by atoms with Crippen molar-refractivity contribution in [3.63, 3.8) is 0 Å². The van der Waals surface area contributed by atoms with Gasteiger partial charge in [0.05, 0.1) is 0 Å². The third-order valence-corrected chi connectivity index (χ3v) is 0.771. The molecule has 56 valence electrons. The zero-order valence-electron chi connectivity index (χ0n) is 5.44. The molecule has 0 saturated carbocycles. The van der Waals surface area contributed by atoms with Crippen LogP contribution in [0.1, 0.15) is 6.92 Å². The summed E-state index contributed by atoms with van der Waals surface area (Å²) in [6.45, 7) is 1.37. The minimum atomic E-state index is -0.908. The van der Waals surface area contributed by atoms with Crippen LogP contribution < -0.4 is 0 Å². The summed E-state index contributed by atoms with van der Waals surface area (Å²) >= 11 is 0. The number of nitrogens with zero attached hydrogens (tertiary/aromatic N) is 1. The standard InChI is InChI=1S/C5H7NO4/c1-5(4-7)2-3-10-6(8)9/h2,4H,3H2,1H3/b5-2-. The van der Waals surface area contributed by atoms with E-state index in [1.54, 1.807) is 0 Å². The monoisotopic (exact) mass is 145 g/mol. The minimum absolute atomic E-state index is 0.169. The molecule has 0 bridgehead atoms. The third kappa shape index (κ3) is 4.76. The zero-order valence-corrected chi connectivity index (χ0v) is 5.44.